The Morgan fingerprint density at radius 1 is 1.47 bits per heavy atom. The predicted octanol–water partition coefficient (Wildman–Crippen LogP) is -0.356. The zero-order valence-corrected chi connectivity index (χ0v) is 10.2. The minimum atomic E-state index is -3.29. The Morgan fingerprint density at radius 3 is 2.47 bits per heavy atom. The van der Waals surface area contributed by atoms with Gasteiger partial charge in [-0.3, -0.25) is 0 Å². The summed E-state index contributed by atoms with van der Waals surface area (Å²) >= 11 is 0. The first-order valence-electron chi connectivity index (χ1n) is 5.01. The summed E-state index contributed by atoms with van der Waals surface area (Å²) in [5.74, 6) is 0. The molecule has 1 N–H and O–H groups in total. The van der Waals surface area contributed by atoms with Crippen LogP contribution in [0.5, 0.6) is 0 Å². The van der Waals surface area contributed by atoms with Gasteiger partial charge in [-0.25, -0.2) is 0 Å². The molecule has 0 spiro atoms. The minimum absolute atomic E-state index is 0.381. The van der Waals surface area contributed by atoms with Gasteiger partial charge in [0.1, 0.15) is 0 Å². The summed E-state index contributed by atoms with van der Waals surface area (Å²) in [7, 11) is -1.70. The van der Waals surface area contributed by atoms with Crippen LogP contribution in [0.2, 0.25) is 0 Å². The van der Waals surface area contributed by atoms with E-state index in [1.54, 1.807) is 7.05 Å². The topological polar surface area (TPSA) is 52.7 Å². The number of nitrogens with one attached hydrogen (secondary N) is 1. The molecule has 0 aliphatic carbocycles. The van der Waals surface area contributed by atoms with Crippen LogP contribution in [0.1, 0.15) is 6.92 Å². The maximum Gasteiger partial charge on any atom is 0.282 e. The van der Waals surface area contributed by atoms with Crippen molar-refractivity contribution in [3.63, 3.8) is 0 Å². The van der Waals surface area contributed by atoms with Crippen molar-refractivity contribution in [2.24, 2.45) is 0 Å². The summed E-state index contributed by atoms with van der Waals surface area (Å²) in [6, 6.07) is 0. The van der Waals surface area contributed by atoms with Gasteiger partial charge in [0.05, 0.1) is 0 Å². The van der Waals surface area contributed by atoms with Crippen molar-refractivity contribution in [3.8, 4) is 0 Å². The molecule has 0 saturated carbocycles. The van der Waals surface area contributed by atoms with E-state index in [-0.39, 0.29) is 0 Å². The highest BCUT2D eigenvalue weighted by Crippen LogP contribution is 2.08. The molecule has 6 heteroatoms. The lowest BCUT2D eigenvalue weighted by molar-refractivity contribution is 0.330. The lowest BCUT2D eigenvalue weighted by Crippen LogP contribution is -2.51. The molecule has 0 atom stereocenters. The molecule has 5 nitrogen and oxygen atoms in total. The van der Waals surface area contributed by atoms with Crippen LogP contribution >= 0.6 is 0 Å². The molecule has 0 unspecified atom stereocenters. The normalized spacial score (nSPS) is 19.4. The van der Waals surface area contributed by atoms with E-state index in [4.69, 9.17) is 0 Å². The lowest BCUT2D eigenvalue weighted by atomic mass is 10.4. The van der Waals surface area contributed by atoms with Crippen LogP contribution in [0, 0.1) is 0 Å². The molecule has 1 saturated heterocycles. The second kappa shape index (κ2) is 5.07. The maximum absolute atomic E-state index is 12.0. The average molecular weight is 233 g/mol. The maximum atomic E-state index is 12.0. The van der Waals surface area contributed by atoms with Crippen molar-refractivity contribution in [3.05, 3.63) is 12.2 Å². The third kappa shape index (κ3) is 3.27. The third-order valence-electron chi connectivity index (χ3n) is 2.29. The van der Waals surface area contributed by atoms with E-state index in [9.17, 15) is 8.42 Å². The highest BCUT2D eigenvalue weighted by Gasteiger charge is 2.27. The Hall–Kier alpha value is -0.430. The zero-order valence-electron chi connectivity index (χ0n) is 9.36. The van der Waals surface area contributed by atoms with Gasteiger partial charge in [0, 0.05) is 39.8 Å². The van der Waals surface area contributed by atoms with Crippen LogP contribution in [-0.4, -0.2) is 56.8 Å². The molecule has 15 heavy (non-hydrogen) atoms. The molecule has 1 aliphatic heterocycles. The SMILES string of the molecule is C=C(C)CN(C)S(=O)(=O)N1CCNCC1. The Bertz CT molecular complexity index is 320. The standard InChI is InChI=1S/C9H19N3O2S/c1-9(2)8-11(3)15(13,14)12-6-4-10-5-7-12/h10H,1,4-8H2,2-3H3. The molecule has 0 amide bonds. The van der Waals surface area contributed by atoms with E-state index in [1.165, 1.54) is 8.61 Å². The van der Waals surface area contributed by atoms with Gasteiger partial charge in [-0.2, -0.15) is 17.0 Å². The molecule has 88 valence electrons. The van der Waals surface area contributed by atoms with E-state index in [2.05, 4.69) is 11.9 Å². The summed E-state index contributed by atoms with van der Waals surface area (Å²) in [5, 5.41) is 3.12. The van der Waals surface area contributed by atoms with E-state index in [0.29, 0.717) is 19.6 Å². The smallest absolute Gasteiger partial charge is 0.282 e. The Morgan fingerprint density at radius 2 is 2.00 bits per heavy atom. The van der Waals surface area contributed by atoms with Gasteiger partial charge in [0.2, 0.25) is 0 Å². The monoisotopic (exact) mass is 233 g/mol. The first kappa shape index (κ1) is 12.6. The van der Waals surface area contributed by atoms with Gasteiger partial charge < -0.3 is 5.32 Å². The van der Waals surface area contributed by atoms with E-state index in [0.717, 1.165) is 18.7 Å². The van der Waals surface area contributed by atoms with E-state index in [1.807, 2.05) is 6.92 Å². The molecule has 1 rings (SSSR count). The number of nitrogens with zero attached hydrogens (tertiary/aromatic N) is 2. The zero-order chi connectivity index (χ0) is 11.5. The molecule has 1 fully saturated rings. The predicted molar refractivity (Wildman–Crippen MR) is 60.8 cm³/mol. The number of rotatable bonds is 4. The third-order valence-corrected chi connectivity index (χ3v) is 4.22. The van der Waals surface area contributed by atoms with Crippen molar-refractivity contribution in [1.82, 2.24) is 13.9 Å². The van der Waals surface area contributed by atoms with Gasteiger partial charge >= 0.3 is 0 Å². The van der Waals surface area contributed by atoms with Crippen LogP contribution in [0.3, 0.4) is 0 Å². The van der Waals surface area contributed by atoms with Gasteiger partial charge in [-0.1, -0.05) is 12.2 Å². The van der Waals surface area contributed by atoms with E-state index >= 15 is 0 Å². The van der Waals surface area contributed by atoms with Crippen molar-refractivity contribution >= 4 is 10.2 Å². The first-order valence-corrected chi connectivity index (χ1v) is 6.41. The van der Waals surface area contributed by atoms with Crippen molar-refractivity contribution in [2.75, 3.05) is 39.8 Å². The highest BCUT2D eigenvalue weighted by molar-refractivity contribution is 7.86. The van der Waals surface area contributed by atoms with Gasteiger partial charge in [-0.05, 0) is 6.92 Å². The number of hydrogen-bond donors (Lipinski definition) is 1. The Labute approximate surface area is 91.9 Å². The summed E-state index contributed by atoms with van der Waals surface area (Å²) < 4.78 is 26.9. The van der Waals surface area contributed by atoms with Crippen molar-refractivity contribution in [1.29, 1.82) is 0 Å². The summed E-state index contributed by atoms with van der Waals surface area (Å²) in [5.41, 5.74) is 0.844. The largest absolute Gasteiger partial charge is 0.314 e. The summed E-state index contributed by atoms with van der Waals surface area (Å²) in [4.78, 5) is 0. The molecule has 0 aromatic heterocycles. The number of hydrogen-bond acceptors (Lipinski definition) is 3. The fourth-order valence-corrected chi connectivity index (χ4v) is 2.96. The summed E-state index contributed by atoms with van der Waals surface area (Å²) in [6.07, 6.45) is 0. The van der Waals surface area contributed by atoms with E-state index < -0.39 is 10.2 Å². The second-order valence-corrected chi connectivity index (χ2v) is 5.91. The average Bonchev–Trinajstić information content (AvgIpc) is 2.18. The Kier molecular flexibility index (Phi) is 4.27. The Balaban J connectivity index is 2.67. The fraction of sp³-hybridized carbons (Fsp3) is 0.778. The molecule has 0 radical (unpaired) electrons. The highest BCUT2D eigenvalue weighted by atomic mass is 32.2. The molecule has 0 bridgehead atoms. The molecular weight excluding hydrogens is 214 g/mol. The summed E-state index contributed by atoms with van der Waals surface area (Å²) in [6.45, 7) is 8.45. The van der Waals surface area contributed by atoms with Crippen LogP contribution in [-0.2, 0) is 10.2 Å². The molecule has 0 aromatic carbocycles. The second-order valence-electron chi connectivity index (χ2n) is 3.87. The van der Waals surface area contributed by atoms with Crippen LogP contribution in [0.15, 0.2) is 12.2 Å². The van der Waals surface area contributed by atoms with Gasteiger partial charge in [-0.15, -0.1) is 0 Å². The molecule has 0 aromatic rings. The molecule has 1 heterocycles. The minimum Gasteiger partial charge on any atom is -0.314 e. The molecular formula is C9H19N3O2S. The van der Waals surface area contributed by atoms with Crippen LogP contribution < -0.4 is 5.32 Å². The molecule has 1 aliphatic rings. The lowest BCUT2D eigenvalue weighted by Gasteiger charge is -2.30. The van der Waals surface area contributed by atoms with Crippen LogP contribution in [0.4, 0.5) is 0 Å². The van der Waals surface area contributed by atoms with Gasteiger partial charge in [0.25, 0.3) is 10.2 Å². The number of piperazine rings is 1. The first-order chi connectivity index (χ1) is 6.94. The van der Waals surface area contributed by atoms with Crippen LogP contribution in [0.25, 0.3) is 0 Å². The van der Waals surface area contributed by atoms with Crippen molar-refractivity contribution < 1.29 is 8.42 Å². The number of likely N-dealkylation sites (N-methyl/N-ethyl adjacent to an activating group) is 1. The fourth-order valence-electron chi connectivity index (χ4n) is 1.53. The van der Waals surface area contributed by atoms with Crippen molar-refractivity contribution in [2.45, 2.75) is 6.92 Å². The quantitative estimate of drug-likeness (QED) is 0.675. The van der Waals surface area contributed by atoms with Gasteiger partial charge in [0.15, 0.2) is 0 Å².